The van der Waals surface area contributed by atoms with Crippen LogP contribution in [0.4, 0.5) is 0 Å². The quantitative estimate of drug-likeness (QED) is 0.519. The lowest BCUT2D eigenvalue weighted by molar-refractivity contribution is -0.130. The fourth-order valence-electron chi connectivity index (χ4n) is 3.53. The fraction of sp³-hybridized carbons (Fsp3) is 0.478. The van der Waals surface area contributed by atoms with Crippen LogP contribution in [0.5, 0.6) is 11.5 Å². The number of benzene rings is 1. The lowest BCUT2D eigenvalue weighted by Crippen LogP contribution is -2.32. The van der Waals surface area contributed by atoms with E-state index in [1.165, 1.54) is 18.7 Å². The second-order valence-corrected chi connectivity index (χ2v) is 9.55. The molecular formula is C23H29ClN2O4S. The van der Waals surface area contributed by atoms with Crippen molar-refractivity contribution in [2.75, 3.05) is 27.3 Å². The molecule has 0 bridgehead atoms. The minimum absolute atomic E-state index is 0.113. The average molecular weight is 465 g/mol. The number of amides is 1. The van der Waals surface area contributed by atoms with E-state index in [2.05, 4.69) is 25.8 Å². The van der Waals surface area contributed by atoms with Gasteiger partial charge in [0.15, 0.2) is 5.78 Å². The third-order valence-corrected chi connectivity index (χ3v) is 6.94. The summed E-state index contributed by atoms with van der Waals surface area (Å²) in [6.07, 6.45) is 2.77. The summed E-state index contributed by atoms with van der Waals surface area (Å²) in [4.78, 5) is 29.8. The monoisotopic (exact) mass is 464 g/mol. The van der Waals surface area contributed by atoms with Crippen LogP contribution in [0.15, 0.2) is 39.9 Å². The Morgan fingerprint density at radius 2 is 2.13 bits per heavy atom. The molecule has 1 amide bonds. The zero-order valence-electron chi connectivity index (χ0n) is 18.6. The van der Waals surface area contributed by atoms with Crippen molar-refractivity contribution >= 4 is 35.1 Å². The molecule has 168 valence electrons. The van der Waals surface area contributed by atoms with Crippen LogP contribution in [0.3, 0.4) is 0 Å². The Bertz CT molecular complexity index is 928. The lowest BCUT2D eigenvalue weighted by Gasteiger charge is -2.27. The number of carbonyl (C=O) groups is 2. The lowest BCUT2D eigenvalue weighted by atomic mass is 10.1. The highest BCUT2D eigenvalue weighted by molar-refractivity contribution is 8.03. The van der Waals surface area contributed by atoms with Crippen molar-refractivity contribution in [2.24, 2.45) is 0 Å². The van der Waals surface area contributed by atoms with Gasteiger partial charge in [0.05, 0.1) is 13.7 Å². The van der Waals surface area contributed by atoms with Gasteiger partial charge < -0.3 is 14.4 Å². The maximum absolute atomic E-state index is 12.7. The highest BCUT2D eigenvalue weighted by atomic mass is 35.5. The summed E-state index contributed by atoms with van der Waals surface area (Å²) in [5, 5.41) is 0.0606. The van der Waals surface area contributed by atoms with Crippen LogP contribution < -0.4 is 9.47 Å². The molecule has 0 fully saturated rings. The normalized spacial score (nSPS) is 18.6. The number of hydrogen-bond donors (Lipinski definition) is 0. The van der Waals surface area contributed by atoms with Crippen LogP contribution >= 0.6 is 23.4 Å². The van der Waals surface area contributed by atoms with Gasteiger partial charge in [0, 0.05) is 41.4 Å². The zero-order chi connectivity index (χ0) is 22.7. The van der Waals surface area contributed by atoms with Gasteiger partial charge in [-0.25, -0.2) is 0 Å². The number of nitrogens with zero attached hydrogens (tertiary/aromatic N) is 2. The Hall–Kier alpha value is -1.96. The van der Waals surface area contributed by atoms with E-state index in [4.69, 9.17) is 21.1 Å². The van der Waals surface area contributed by atoms with Crippen LogP contribution in [0.2, 0.25) is 0 Å². The smallest absolute Gasteiger partial charge is 0.225 e. The van der Waals surface area contributed by atoms with Crippen LogP contribution in [-0.2, 0) is 9.59 Å². The van der Waals surface area contributed by atoms with E-state index in [9.17, 15) is 9.59 Å². The van der Waals surface area contributed by atoms with E-state index < -0.39 is 5.37 Å². The van der Waals surface area contributed by atoms with Crippen molar-refractivity contribution in [3.05, 3.63) is 45.5 Å². The molecule has 31 heavy (non-hydrogen) atoms. The Balaban J connectivity index is 1.87. The molecule has 6 nitrogen and oxygen atoms in total. The number of methoxy groups -OCH3 is 1. The van der Waals surface area contributed by atoms with E-state index in [1.54, 1.807) is 18.1 Å². The van der Waals surface area contributed by atoms with E-state index in [1.807, 2.05) is 18.2 Å². The first-order valence-corrected chi connectivity index (χ1v) is 11.6. The number of Topliss-reactive ketones (excluding diaryl/α,β-unsaturated/α-hetero) is 1. The van der Waals surface area contributed by atoms with Crippen molar-refractivity contribution in [1.29, 1.82) is 0 Å². The molecule has 1 aromatic rings. The summed E-state index contributed by atoms with van der Waals surface area (Å²) in [6.45, 7) is 7.26. The molecular weight excluding hydrogens is 436 g/mol. The average Bonchev–Trinajstić information content (AvgIpc) is 3.10. The number of halogens is 1. The van der Waals surface area contributed by atoms with Crippen molar-refractivity contribution < 1.29 is 19.1 Å². The molecule has 1 unspecified atom stereocenters. The van der Waals surface area contributed by atoms with E-state index >= 15 is 0 Å². The van der Waals surface area contributed by atoms with Gasteiger partial charge in [0.1, 0.15) is 22.6 Å². The summed E-state index contributed by atoms with van der Waals surface area (Å²) < 4.78 is 11.5. The first-order chi connectivity index (χ1) is 14.7. The van der Waals surface area contributed by atoms with Gasteiger partial charge in [0.25, 0.3) is 0 Å². The Morgan fingerprint density at radius 3 is 2.77 bits per heavy atom. The minimum Gasteiger partial charge on any atom is -0.497 e. The maximum atomic E-state index is 12.7. The second-order valence-electron chi connectivity index (χ2n) is 7.94. The SMILES string of the molecule is COc1ccc(OCCCN(C)C(C)C)c(C2SC3=C(C(=O)CC(Cl)=C3)N2C(C)=O)c1. The number of ketones is 1. The zero-order valence-corrected chi connectivity index (χ0v) is 20.2. The van der Waals surface area contributed by atoms with Gasteiger partial charge in [-0.3, -0.25) is 14.5 Å². The van der Waals surface area contributed by atoms with Crippen molar-refractivity contribution in [1.82, 2.24) is 9.80 Å². The summed E-state index contributed by atoms with van der Waals surface area (Å²) >= 11 is 7.58. The molecule has 2 aliphatic rings. The summed E-state index contributed by atoms with van der Waals surface area (Å²) in [5.41, 5.74) is 1.21. The molecule has 0 saturated carbocycles. The summed E-state index contributed by atoms with van der Waals surface area (Å²) in [7, 11) is 3.69. The molecule has 0 aromatic heterocycles. The van der Waals surface area contributed by atoms with E-state index in [0.29, 0.717) is 39.8 Å². The molecule has 1 atom stereocenters. The van der Waals surface area contributed by atoms with Crippen LogP contribution in [0.1, 0.15) is 44.6 Å². The van der Waals surface area contributed by atoms with Crippen LogP contribution in [0.25, 0.3) is 0 Å². The Morgan fingerprint density at radius 1 is 1.39 bits per heavy atom. The summed E-state index contributed by atoms with van der Waals surface area (Å²) in [6, 6.07) is 6.05. The molecule has 0 spiro atoms. The Kier molecular flexibility index (Phi) is 7.73. The number of rotatable bonds is 8. The largest absolute Gasteiger partial charge is 0.497 e. The van der Waals surface area contributed by atoms with Gasteiger partial charge in [-0.15, -0.1) is 0 Å². The first kappa shape index (κ1) is 23.7. The molecule has 3 rings (SSSR count). The number of carbonyl (C=O) groups excluding carboxylic acids is 2. The second kappa shape index (κ2) is 10.1. The van der Waals surface area contributed by atoms with E-state index in [0.717, 1.165) is 18.5 Å². The fourth-order valence-corrected chi connectivity index (χ4v) is 5.27. The summed E-state index contributed by atoms with van der Waals surface area (Å²) in [5.74, 6) is 0.999. The third-order valence-electron chi connectivity index (χ3n) is 5.45. The molecule has 0 saturated heterocycles. The van der Waals surface area contributed by atoms with Gasteiger partial charge in [-0.05, 0) is 51.6 Å². The van der Waals surface area contributed by atoms with Crippen LogP contribution in [-0.4, -0.2) is 54.8 Å². The molecule has 8 heteroatoms. The molecule has 1 aliphatic carbocycles. The van der Waals surface area contributed by atoms with Gasteiger partial charge in [-0.2, -0.15) is 0 Å². The predicted molar refractivity (Wildman–Crippen MR) is 124 cm³/mol. The van der Waals surface area contributed by atoms with Crippen molar-refractivity contribution in [2.45, 2.75) is 45.0 Å². The van der Waals surface area contributed by atoms with Gasteiger partial charge in [0.2, 0.25) is 5.91 Å². The Labute approximate surface area is 193 Å². The van der Waals surface area contributed by atoms with Crippen molar-refractivity contribution in [3.8, 4) is 11.5 Å². The minimum atomic E-state index is -0.422. The molecule has 0 radical (unpaired) electrons. The van der Waals surface area contributed by atoms with Crippen molar-refractivity contribution in [3.63, 3.8) is 0 Å². The molecule has 1 heterocycles. The standard InChI is InChI=1S/C23H29ClN2O4S/c1-14(2)25(4)9-6-10-30-20-8-7-17(29-5)13-18(20)23-26(15(3)27)22-19(28)11-16(24)12-21(22)31-23/h7-8,12-14,23H,6,9-11H2,1-5H3. The topological polar surface area (TPSA) is 59.1 Å². The molecule has 0 N–H and O–H groups in total. The maximum Gasteiger partial charge on any atom is 0.225 e. The van der Waals surface area contributed by atoms with Crippen LogP contribution in [0, 0.1) is 0 Å². The molecule has 1 aliphatic heterocycles. The van der Waals surface area contributed by atoms with E-state index in [-0.39, 0.29) is 18.1 Å². The van der Waals surface area contributed by atoms with Gasteiger partial charge in [-0.1, -0.05) is 23.4 Å². The predicted octanol–water partition coefficient (Wildman–Crippen LogP) is 4.71. The highest BCUT2D eigenvalue weighted by Gasteiger charge is 2.41. The first-order valence-electron chi connectivity index (χ1n) is 10.3. The van der Waals surface area contributed by atoms with Gasteiger partial charge >= 0.3 is 0 Å². The molecule has 1 aromatic carbocycles. The number of ether oxygens (including phenoxy) is 2. The number of allylic oxidation sites excluding steroid dienone is 3. The number of hydrogen-bond acceptors (Lipinski definition) is 6. The number of thioether (sulfide) groups is 1. The third kappa shape index (κ3) is 5.27. The highest BCUT2D eigenvalue weighted by Crippen LogP contribution is 2.53.